The molecule has 1 atom stereocenters. The summed E-state index contributed by atoms with van der Waals surface area (Å²) in [7, 11) is 0. The number of thiazole rings is 1. The normalized spacial score (nSPS) is 10.9. The van der Waals surface area contributed by atoms with Crippen LogP contribution < -0.4 is 3.80 Å². The van der Waals surface area contributed by atoms with Gasteiger partial charge in [0.15, 0.2) is 0 Å². The Morgan fingerprint density at radius 3 is 2.72 bits per heavy atom. The zero-order chi connectivity index (χ0) is 12.7. The van der Waals surface area contributed by atoms with Gasteiger partial charge in [0.2, 0.25) is 0 Å². The summed E-state index contributed by atoms with van der Waals surface area (Å²) in [5.74, 6) is -1.02. The van der Waals surface area contributed by atoms with E-state index in [1.165, 1.54) is 28.2 Å². The van der Waals surface area contributed by atoms with E-state index < -0.39 is 5.97 Å². The van der Waals surface area contributed by atoms with Gasteiger partial charge in [-0.15, -0.1) is 0 Å². The molecular weight excluding hydrogens is 313 g/mol. The van der Waals surface area contributed by atoms with Gasteiger partial charge in [0, 0.05) is 0 Å². The number of rotatable bonds is 2. The Kier molecular flexibility index (Phi) is 2.68. The monoisotopic (exact) mass is 321 g/mol. The summed E-state index contributed by atoms with van der Waals surface area (Å²) in [6.45, 7) is 0. The maximum absolute atomic E-state index is 11.2. The third-order valence-corrected chi connectivity index (χ3v) is 4.34. The van der Waals surface area contributed by atoms with Gasteiger partial charge < -0.3 is 0 Å². The van der Waals surface area contributed by atoms with E-state index in [1.807, 2.05) is 30.3 Å². The first-order chi connectivity index (χ1) is 8.66. The number of aromatic nitrogens is 3. The van der Waals surface area contributed by atoms with Crippen molar-refractivity contribution >= 4 is 48.3 Å². The van der Waals surface area contributed by atoms with Crippen molar-refractivity contribution in [3.8, 4) is 5.69 Å². The summed E-state index contributed by atoms with van der Waals surface area (Å²) in [4.78, 5) is 15.6. The van der Waals surface area contributed by atoms with E-state index in [-0.39, 0.29) is 5.69 Å². The van der Waals surface area contributed by atoms with Gasteiger partial charge in [-0.2, -0.15) is 0 Å². The first kappa shape index (κ1) is 11.4. The van der Waals surface area contributed by atoms with Crippen LogP contribution in [0.2, 0.25) is 0 Å². The summed E-state index contributed by atoms with van der Waals surface area (Å²) in [6.07, 6.45) is 0. The van der Waals surface area contributed by atoms with Crippen LogP contribution >= 0.6 is 11.3 Å². The molecule has 1 aromatic carbocycles. The summed E-state index contributed by atoms with van der Waals surface area (Å²) in [6, 6.07) is 9.41. The standard InChI is InChI=1S/C11H8AsN3O2S/c12-11-13-9-8(18-11)7(10(16)17)14-15(9)6-4-2-1-3-5-6/h1-5H,12H2,(H,16,17). The quantitative estimate of drug-likeness (QED) is 0.696. The molecule has 0 aliphatic rings. The van der Waals surface area contributed by atoms with E-state index in [2.05, 4.69) is 10.1 Å². The Balaban J connectivity index is 2.33. The van der Waals surface area contributed by atoms with Crippen LogP contribution in [-0.4, -0.2) is 42.7 Å². The number of nitrogens with zero attached hydrogens (tertiary/aromatic N) is 3. The van der Waals surface area contributed by atoms with Gasteiger partial charge in [-0.05, 0) is 0 Å². The number of hydrogen-bond donors (Lipinski definition) is 1. The van der Waals surface area contributed by atoms with Crippen LogP contribution in [-0.2, 0) is 0 Å². The minimum absolute atomic E-state index is 0.0650. The van der Waals surface area contributed by atoms with Gasteiger partial charge in [0.1, 0.15) is 0 Å². The van der Waals surface area contributed by atoms with Crippen LogP contribution in [0.1, 0.15) is 10.5 Å². The SMILES string of the molecule is O=C(O)c1nn(-c2ccccc2)c2nc([AsH2])sc12. The molecule has 2 heterocycles. The molecule has 0 amide bonds. The number of fused-ring (bicyclic) bond motifs is 1. The third-order valence-electron chi connectivity index (χ3n) is 2.44. The van der Waals surface area contributed by atoms with Crippen molar-refractivity contribution in [3.05, 3.63) is 36.0 Å². The topological polar surface area (TPSA) is 68.0 Å². The Hall–Kier alpha value is -1.65. The molecule has 5 nitrogen and oxygen atoms in total. The molecule has 0 bridgehead atoms. The van der Waals surface area contributed by atoms with E-state index >= 15 is 0 Å². The zero-order valence-corrected chi connectivity index (χ0v) is 12.3. The molecule has 0 fully saturated rings. The van der Waals surface area contributed by atoms with E-state index in [4.69, 9.17) is 5.11 Å². The number of para-hydroxylation sites is 1. The number of hydrogen-bond acceptors (Lipinski definition) is 4. The molecular formula is C11H8AsN3O2S. The van der Waals surface area contributed by atoms with Gasteiger partial charge in [-0.3, -0.25) is 0 Å². The van der Waals surface area contributed by atoms with Gasteiger partial charge in [0.25, 0.3) is 0 Å². The second kappa shape index (κ2) is 4.22. The van der Waals surface area contributed by atoms with Crippen molar-refractivity contribution in [2.75, 3.05) is 0 Å². The summed E-state index contributed by atoms with van der Waals surface area (Å²) >= 11 is 2.76. The number of carboxylic acids is 1. The molecule has 0 saturated carbocycles. The Labute approximate surface area is 115 Å². The first-order valence-corrected chi connectivity index (χ1v) is 7.13. The number of carbonyl (C=O) groups is 1. The zero-order valence-electron chi connectivity index (χ0n) is 9.07. The van der Waals surface area contributed by atoms with Crippen molar-refractivity contribution < 1.29 is 9.90 Å². The molecule has 0 spiro atoms. The predicted octanol–water partition coefficient (Wildman–Crippen LogP) is 0.439. The van der Waals surface area contributed by atoms with Gasteiger partial charge >= 0.3 is 115 Å². The second-order valence-electron chi connectivity index (χ2n) is 3.61. The third kappa shape index (κ3) is 1.74. The average molecular weight is 321 g/mol. The van der Waals surface area contributed by atoms with Crippen molar-refractivity contribution in [2.45, 2.75) is 0 Å². The molecule has 0 aliphatic carbocycles. The molecule has 0 aliphatic heterocycles. The molecule has 2 aromatic heterocycles. The predicted molar refractivity (Wildman–Crippen MR) is 71.9 cm³/mol. The average Bonchev–Trinajstić information content (AvgIpc) is 2.87. The molecule has 7 heteroatoms. The summed E-state index contributed by atoms with van der Waals surface area (Å²) < 4.78 is 3.10. The summed E-state index contributed by atoms with van der Waals surface area (Å²) in [5, 5.41) is 13.3. The van der Waals surface area contributed by atoms with E-state index in [0.717, 1.165) is 9.48 Å². The van der Waals surface area contributed by atoms with E-state index in [9.17, 15) is 4.79 Å². The van der Waals surface area contributed by atoms with Crippen molar-refractivity contribution in [1.82, 2.24) is 14.8 Å². The fourth-order valence-corrected chi connectivity index (χ4v) is 3.50. The number of benzene rings is 1. The van der Waals surface area contributed by atoms with Crippen LogP contribution in [0.25, 0.3) is 16.0 Å². The number of carboxylic acid groups (broad SMARTS) is 1. The molecule has 1 N–H and O–H groups in total. The second-order valence-corrected chi connectivity index (χ2v) is 6.66. The maximum atomic E-state index is 11.2. The van der Waals surface area contributed by atoms with Crippen LogP contribution in [0.5, 0.6) is 0 Å². The van der Waals surface area contributed by atoms with Crippen LogP contribution in [0.4, 0.5) is 0 Å². The van der Waals surface area contributed by atoms with Gasteiger partial charge in [-0.1, -0.05) is 0 Å². The molecule has 90 valence electrons. The van der Waals surface area contributed by atoms with Crippen molar-refractivity contribution in [2.24, 2.45) is 0 Å². The fraction of sp³-hybridized carbons (Fsp3) is 0. The molecule has 0 saturated heterocycles. The Morgan fingerprint density at radius 1 is 1.33 bits per heavy atom. The van der Waals surface area contributed by atoms with E-state index in [1.54, 1.807) is 4.68 Å². The molecule has 18 heavy (non-hydrogen) atoms. The Bertz CT molecular complexity index is 735. The van der Waals surface area contributed by atoms with Crippen molar-refractivity contribution in [1.29, 1.82) is 0 Å². The van der Waals surface area contributed by atoms with Crippen LogP contribution in [0.3, 0.4) is 0 Å². The first-order valence-electron chi connectivity index (χ1n) is 5.10. The minimum atomic E-state index is -1.02. The molecule has 1 unspecified atom stereocenters. The Morgan fingerprint density at radius 2 is 2.06 bits per heavy atom. The van der Waals surface area contributed by atoms with Crippen LogP contribution in [0, 0.1) is 0 Å². The van der Waals surface area contributed by atoms with Crippen molar-refractivity contribution in [3.63, 3.8) is 0 Å². The molecule has 0 radical (unpaired) electrons. The number of aromatic carboxylic acids is 1. The van der Waals surface area contributed by atoms with E-state index in [0.29, 0.717) is 10.3 Å². The van der Waals surface area contributed by atoms with Crippen LogP contribution in [0.15, 0.2) is 30.3 Å². The summed E-state index contributed by atoms with van der Waals surface area (Å²) in [5.41, 5.74) is 1.49. The fourth-order valence-electron chi connectivity index (χ4n) is 1.71. The molecule has 3 rings (SSSR count). The molecule has 3 aromatic rings. The van der Waals surface area contributed by atoms with Gasteiger partial charge in [0.05, 0.1) is 0 Å². The van der Waals surface area contributed by atoms with Gasteiger partial charge in [-0.25, -0.2) is 0 Å².